The fourth-order valence-electron chi connectivity index (χ4n) is 1.69. The van der Waals surface area contributed by atoms with Gasteiger partial charge in [-0.15, -0.1) is 11.3 Å². The Hall–Kier alpha value is -1.33. The standard InChI is InChI=1S/C13H14F2N2S/c1-8-7-18-13(17-8)6-16-9(2)11-4-3-10(14)5-12(11)15/h3-5,7,9,16H,6H2,1-2H3. The summed E-state index contributed by atoms with van der Waals surface area (Å²) in [5.74, 6) is -1.08. The fourth-order valence-corrected chi connectivity index (χ4v) is 2.41. The van der Waals surface area contributed by atoms with Crippen LogP contribution in [0.25, 0.3) is 0 Å². The number of hydrogen-bond donors (Lipinski definition) is 1. The van der Waals surface area contributed by atoms with Crippen LogP contribution in [0.2, 0.25) is 0 Å². The minimum Gasteiger partial charge on any atom is -0.304 e. The Balaban J connectivity index is 2.01. The number of thiazole rings is 1. The second-order valence-corrected chi connectivity index (χ2v) is 5.09. The van der Waals surface area contributed by atoms with Crippen molar-refractivity contribution in [3.8, 4) is 0 Å². The zero-order valence-electron chi connectivity index (χ0n) is 10.2. The van der Waals surface area contributed by atoms with E-state index in [0.29, 0.717) is 12.1 Å². The van der Waals surface area contributed by atoms with Gasteiger partial charge in [0.05, 0.1) is 0 Å². The number of aromatic nitrogens is 1. The first-order valence-corrected chi connectivity index (χ1v) is 6.53. The Morgan fingerprint density at radius 2 is 2.17 bits per heavy atom. The van der Waals surface area contributed by atoms with Gasteiger partial charge in [-0.25, -0.2) is 13.8 Å². The average Bonchev–Trinajstić information content (AvgIpc) is 2.72. The zero-order chi connectivity index (χ0) is 13.1. The Bertz CT molecular complexity index is 540. The van der Waals surface area contributed by atoms with Crippen molar-refractivity contribution in [1.29, 1.82) is 0 Å². The van der Waals surface area contributed by atoms with E-state index < -0.39 is 11.6 Å². The van der Waals surface area contributed by atoms with E-state index in [2.05, 4.69) is 10.3 Å². The van der Waals surface area contributed by atoms with Crippen molar-refractivity contribution in [3.63, 3.8) is 0 Å². The molecular formula is C13H14F2N2S. The maximum atomic E-state index is 13.5. The van der Waals surface area contributed by atoms with Crippen LogP contribution in [0.3, 0.4) is 0 Å². The van der Waals surface area contributed by atoms with Gasteiger partial charge in [-0.3, -0.25) is 0 Å². The summed E-state index contributed by atoms with van der Waals surface area (Å²) in [7, 11) is 0. The molecule has 96 valence electrons. The molecule has 0 aliphatic carbocycles. The van der Waals surface area contributed by atoms with E-state index in [1.165, 1.54) is 12.1 Å². The van der Waals surface area contributed by atoms with Crippen molar-refractivity contribution in [2.75, 3.05) is 0 Å². The summed E-state index contributed by atoms with van der Waals surface area (Å²) in [5, 5.41) is 6.11. The van der Waals surface area contributed by atoms with Crippen LogP contribution >= 0.6 is 11.3 Å². The van der Waals surface area contributed by atoms with E-state index in [4.69, 9.17) is 0 Å². The lowest BCUT2D eigenvalue weighted by Gasteiger charge is -2.14. The average molecular weight is 268 g/mol. The minimum atomic E-state index is -0.556. The third-order valence-electron chi connectivity index (χ3n) is 2.66. The third-order valence-corrected chi connectivity index (χ3v) is 3.62. The molecule has 0 radical (unpaired) electrons. The molecule has 1 atom stereocenters. The Morgan fingerprint density at radius 1 is 1.39 bits per heavy atom. The van der Waals surface area contributed by atoms with Gasteiger partial charge in [0.1, 0.15) is 16.6 Å². The van der Waals surface area contributed by atoms with Crippen LogP contribution in [-0.4, -0.2) is 4.98 Å². The molecule has 1 aromatic carbocycles. The summed E-state index contributed by atoms with van der Waals surface area (Å²) >= 11 is 1.57. The largest absolute Gasteiger partial charge is 0.304 e. The molecule has 18 heavy (non-hydrogen) atoms. The molecule has 0 amide bonds. The van der Waals surface area contributed by atoms with Gasteiger partial charge in [-0.2, -0.15) is 0 Å². The topological polar surface area (TPSA) is 24.9 Å². The van der Waals surface area contributed by atoms with Crippen LogP contribution in [0, 0.1) is 18.6 Å². The molecule has 0 saturated carbocycles. The first kappa shape index (κ1) is 13.1. The molecule has 0 fully saturated rings. The molecule has 0 saturated heterocycles. The second kappa shape index (κ2) is 5.54. The second-order valence-electron chi connectivity index (χ2n) is 4.15. The van der Waals surface area contributed by atoms with E-state index in [0.717, 1.165) is 16.8 Å². The minimum absolute atomic E-state index is 0.185. The molecule has 0 spiro atoms. The van der Waals surface area contributed by atoms with Crippen LogP contribution in [-0.2, 0) is 6.54 Å². The number of aryl methyl sites for hydroxylation is 1. The van der Waals surface area contributed by atoms with Crippen LogP contribution in [0.1, 0.15) is 29.2 Å². The lowest BCUT2D eigenvalue weighted by atomic mass is 10.1. The monoisotopic (exact) mass is 268 g/mol. The predicted octanol–water partition coefficient (Wildman–Crippen LogP) is 3.58. The molecule has 1 N–H and O–H groups in total. The van der Waals surface area contributed by atoms with Crippen molar-refractivity contribution < 1.29 is 8.78 Å². The number of benzene rings is 1. The maximum absolute atomic E-state index is 13.5. The van der Waals surface area contributed by atoms with Crippen LogP contribution < -0.4 is 5.32 Å². The highest BCUT2D eigenvalue weighted by Crippen LogP contribution is 2.18. The molecular weight excluding hydrogens is 254 g/mol. The first-order chi connectivity index (χ1) is 8.56. The number of nitrogens with zero attached hydrogens (tertiary/aromatic N) is 1. The Kier molecular flexibility index (Phi) is 4.04. The van der Waals surface area contributed by atoms with Crippen LogP contribution in [0.15, 0.2) is 23.6 Å². The van der Waals surface area contributed by atoms with E-state index in [9.17, 15) is 8.78 Å². The Labute approximate surface area is 109 Å². The molecule has 1 unspecified atom stereocenters. The summed E-state index contributed by atoms with van der Waals surface area (Å²) in [6.07, 6.45) is 0. The van der Waals surface area contributed by atoms with E-state index >= 15 is 0 Å². The van der Waals surface area contributed by atoms with Gasteiger partial charge >= 0.3 is 0 Å². The van der Waals surface area contributed by atoms with Crippen molar-refractivity contribution in [2.45, 2.75) is 26.4 Å². The van der Waals surface area contributed by atoms with Gasteiger partial charge in [0, 0.05) is 35.3 Å². The highest BCUT2D eigenvalue weighted by atomic mass is 32.1. The van der Waals surface area contributed by atoms with Crippen LogP contribution in [0.4, 0.5) is 8.78 Å². The molecule has 5 heteroatoms. The molecule has 0 aliphatic heterocycles. The molecule has 1 heterocycles. The number of rotatable bonds is 4. The number of hydrogen-bond acceptors (Lipinski definition) is 3. The van der Waals surface area contributed by atoms with E-state index in [1.54, 1.807) is 11.3 Å². The molecule has 2 aromatic rings. The van der Waals surface area contributed by atoms with Crippen molar-refractivity contribution >= 4 is 11.3 Å². The molecule has 2 nitrogen and oxygen atoms in total. The summed E-state index contributed by atoms with van der Waals surface area (Å²) in [6.45, 7) is 4.36. The third kappa shape index (κ3) is 3.11. The van der Waals surface area contributed by atoms with Crippen molar-refractivity contribution in [3.05, 3.63) is 51.5 Å². The van der Waals surface area contributed by atoms with Crippen LogP contribution in [0.5, 0.6) is 0 Å². The SMILES string of the molecule is Cc1csc(CNC(C)c2ccc(F)cc2F)n1. The van der Waals surface area contributed by atoms with Crippen molar-refractivity contribution in [1.82, 2.24) is 10.3 Å². The van der Waals surface area contributed by atoms with E-state index in [1.807, 2.05) is 19.2 Å². The number of nitrogens with one attached hydrogen (secondary N) is 1. The maximum Gasteiger partial charge on any atom is 0.130 e. The van der Waals surface area contributed by atoms with E-state index in [-0.39, 0.29) is 6.04 Å². The highest BCUT2D eigenvalue weighted by molar-refractivity contribution is 7.09. The summed E-state index contributed by atoms with van der Waals surface area (Å²) in [4.78, 5) is 4.32. The van der Waals surface area contributed by atoms with Gasteiger partial charge in [0.2, 0.25) is 0 Å². The summed E-state index contributed by atoms with van der Waals surface area (Å²) < 4.78 is 26.3. The summed E-state index contributed by atoms with van der Waals surface area (Å²) in [6, 6.07) is 3.45. The fraction of sp³-hybridized carbons (Fsp3) is 0.308. The predicted molar refractivity (Wildman–Crippen MR) is 68.5 cm³/mol. The summed E-state index contributed by atoms with van der Waals surface area (Å²) in [5.41, 5.74) is 1.45. The zero-order valence-corrected chi connectivity index (χ0v) is 11.0. The normalized spacial score (nSPS) is 12.7. The molecule has 0 aliphatic rings. The van der Waals surface area contributed by atoms with Gasteiger partial charge < -0.3 is 5.32 Å². The van der Waals surface area contributed by atoms with Gasteiger partial charge in [0.15, 0.2) is 0 Å². The number of halogens is 2. The van der Waals surface area contributed by atoms with Gasteiger partial charge in [-0.05, 0) is 19.9 Å². The quantitative estimate of drug-likeness (QED) is 0.916. The van der Waals surface area contributed by atoms with Gasteiger partial charge in [0.25, 0.3) is 0 Å². The smallest absolute Gasteiger partial charge is 0.130 e. The Morgan fingerprint density at radius 3 is 2.78 bits per heavy atom. The highest BCUT2D eigenvalue weighted by Gasteiger charge is 2.11. The van der Waals surface area contributed by atoms with Gasteiger partial charge in [-0.1, -0.05) is 6.07 Å². The lowest BCUT2D eigenvalue weighted by Crippen LogP contribution is -2.19. The lowest BCUT2D eigenvalue weighted by molar-refractivity contribution is 0.517. The molecule has 1 aromatic heterocycles. The first-order valence-electron chi connectivity index (χ1n) is 5.65. The molecule has 0 bridgehead atoms. The molecule has 2 rings (SSSR count). The van der Waals surface area contributed by atoms with Crippen molar-refractivity contribution in [2.24, 2.45) is 0 Å².